The molecule has 2 heteroatoms. The summed E-state index contributed by atoms with van der Waals surface area (Å²) < 4.78 is 12.1. The minimum Gasteiger partial charge on any atom is -0.494 e. The van der Waals surface area contributed by atoms with Gasteiger partial charge in [0.1, 0.15) is 5.75 Å². The highest BCUT2D eigenvalue weighted by Gasteiger charge is 2.07. The van der Waals surface area contributed by atoms with Gasteiger partial charge in [-0.05, 0) is 48.6 Å². The topological polar surface area (TPSA) is 18.5 Å². The van der Waals surface area contributed by atoms with Crippen LogP contribution in [-0.2, 0) is 4.74 Å². The molecule has 0 saturated carbocycles. The summed E-state index contributed by atoms with van der Waals surface area (Å²) in [4.78, 5) is 0. The zero-order valence-corrected chi connectivity index (χ0v) is 25.2. The first-order valence-corrected chi connectivity index (χ1v) is 16.2. The summed E-state index contributed by atoms with van der Waals surface area (Å²) in [7, 11) is 0. The predicted octanol–water partition coefficient (Wildman–Crippen LogP) is 11.9. The Labute approximate surface area is 235 Å². The van der Waals surface area contributed by atoms with E-state index in [1.165, 1.54) is 126 Å². The Morgan fingerprint density at radius 2 is 0.868 bits per heavy atom. The van der Waals surface area contributed by atoms with Gasteiger partial charge in [-0.2, -0.15) is 0 Å². The highest BCUT2D eigenvalue weighted by atomic mass is 16.5. The van der Waals surface area contributed by atoms with Gasteiger partial charge >= 0.3 is 0 Å². The molecule has 0 aliphatic rings. The van der Waals surface area contributed by atoms with Gasteiger partial charge in [-0.25, -0.2) is 0 Å². The van der Waals surface area contributed by atoms with Crippen LogP contribution in [0.1, 0.15) is 148 Å². The van der Waals surface area contributed by atoms with Gasteiger partial charge < -0.3 is 9.47 Å². The van der Waals surface area contributed by atoms with Gasteiger partial charge in [-0.3, -0.25) is 0 Å². The van der Waals surface area contributed by atoms with Crippen LogP contribution in [0, 0.1) is 0 Å². The smallest absolute Gasteiger partial charge is 0.119 e. The second-order valence-electron chi connectivity index (χ2n) is 11.2. The van der Waals surface area contributed by atoms with E-state index < -0.39 is 0 Å². The van der Waals surface area contributed by atoms with E-state index in [0.717, 1.165) is 25.4 Å². The highest BCUT2D eigenvalue weighted by molar-refractivity contribution is 5.64. The highest BCUT2D eigenvalue weighted by Crippen LogP contribution is 2.26. The molecule has 0 N–H and O–H groups in total. The number of hydrogen-bond acceptors (Lipinski definition) is 2. The van der Waals surface area contributed by atoms with Crippen molar-refractivity contribution in [3.63, 3.8) is 0 Å². The van der Waals surface area contributed by atoms with Crippen molar-refractivity contribution in [1.29, 1.82) is 0 Å². The summed E-state index contributed by atoms with van der Waals surface area (Å²) in [5, 5.41) is 0. The van der Waals surface area contributed by atoms with Gasteiger partial charge in [-0.1, -0.05) is 153 Å². The lowest BCUT2D eigenvalue weighted by Gasteiger charge is -2.14. The number of unbranched alkanes of at least 4 members (excludes halogenated alkanes) is 16. The second-order valence-corrected chi connectivity index (χ2v) is 11.2. The van der Waals surface area contributed by atoms with Crippen LogP contribution in [0.4, 0.5) is 0 Å². The molecule has 1 unspecified atom stereocenters. The number of benzene rings is 2. The van der Waals surface area contributed by atoms with E-state index in [0.29, 0.717) is 0 Å². The molecule has 0 aliphatic heterocycles. The lowest BCUT2D eigenvalue weighted by atomic mass is 10.0. The third-order valence-corrected chi connectivity index (χ3v) is 7.70. The third-order valence-electron chi connectivity index (χ3n) is 7.70. The first kappa shape index (κ1) is 32.4. The molecule has 2 nitrogen and oxygen atoms in total. The molecule has 2 aromatic carbocycles. The molecule has 0 radical (unpaired) electrons. The molecular formula is C36H58O2. The molecule has 38 heavy (non-hydrogen) atoms. The number of hydrogen-bond donors (Lipinski definition) is 0. The Morgan fingerprint density at radius 3 is 1.34 bits per heavy atom. The Balaban J connectivity index is 1.55. The lowest BCUT2D eigenvalue weighted by Crippen LogP contribution is -2.01. The van der Waals surface area contributed by atoms with Crippen LogP contribution in [-0.4, -0.2) is 13.2 Å². The normalized spacial score (nSPS) is 12.1. The summed E-state index contributed by atoms with van der Waals surface area (Å²) in [5.74, 6) is 0.977. The molecule has 1 atom stereocenters. The fourth-order valence-corrected chi connectivity index (χ4v) is 5.06. The van der Waals surface area contributed by atoms with Gasteiger partial charge in [0.2, 0.25) is 0 Å². The summed E-state index contributed by atoms with van der Waals surface area (Å²) >= 11 is 0. The first-order valence-electron chi connectivity index (χ1n) is 16.2. The Kier molecular flexibility index (Phi) is 18.8. The number of rotatable bonds is 24. The van der Waals surface area contributed by atoms with Crippen LogP contribution in [0.3, 0.4) is 0 Å². The molecule has 0 aliphatic carbocycles. The van der Waals surface area contributed by atoms with E-state index in [9.17, 15) is 0 Å². The lowest BCUT2D eigenvalue weighted by molar-refractivity contribution is 0.0627. The maximum absolute atomic E-state index is 6.08. The van der Waals surface area contributed by atoms with Gasteiger partial charge in [-0.15, -0.1) is 0 Å². The zero-order valence-electron chi connectivity index (χ0n) is 25.2. The summed E-state index contributed by atoms with van der Waals surface area (Å²) in [6.45, 7) is 8.39. The van der Waals surface area contributed by atoms with Crippen LogP contribution in [0.25, 0.3) is 11.1 Å². The van der Waals surface area contributed by atoms with Crippen molar-refractivity contribution in [2.75, 3.05) is 13.2 Å². The van der Waals surface area contributed by atoms with Crippen molar-refractivity contribution in [1.82, 2.24) is 0 Å². The molecule has 2 rings (SSSR count). The van der Waals surface area contributed by atoms with E-state index in [1.807, 2.05) is 0 Å². The van der Waals surface area contributed by atoms with Crippen molar-refractivity contribution < 1.29 is 9.47 Å². The van der Waals surface area contributed by atoms with Crippen molar-refractivity contribution in [3.05, 3.63) is 54.1 Å². The van der Waals surface area contributed by atoms with Crippen molar-refractivity contribution in [2.24, 2.45) is 0 Å². The molecule has 2 aromatic rings. The fraction of sp³-hybridized carbons (Fsp3) is 0.667. The van der Waals surface area contributed by atoms with Gasteiger partial charge in [0.05, 0.1) is 12.7 Å². The van der Waals surface area contributed by atoms with E-state index in [4.69, 9.17) is 9.47 Å². The zero-order chi connectivity index (χ0) is 27.1. The van der Waals surface area contributed by atoms with Crippen molar-refractivity contribution in [2.45, 2.75) is 142 Å². The van der Waals surface area contributed by atoms with Gasteiger partial charge in [0.15, 0.2) is 0 Å². The Bertz CT molecular complexity index is 780. The molecule has 0 spiro atoms. The molecule has 214 valence electrons. The summed E-state index contributed by atoms with van der Waals surface area (Å²) in [5.41, 5.74) is 3.72. The predicted molar refractivity (Wildman–Crippen MR) is 166 cm³/mol. The molecular weight excluding hydrogens is 464 g/mol. The van der Waals surface area contributed by atoms with E-state index in [1.54, 1.807) is 0 Å². The SMILES string of the molecule is CCCCCCCCCCCCCCOc1ccc(-c2ccc(C(C)OCCCCCCCC)cc2)cc1. The third kappa shape index (κ3) is 15.0. The van der Waals surface area contributed by atoms with Crippen LogP contribution < -0.4 is 4.74 Å². The van der Waals surface area contributed by atoms with E-state index in [-0.39, 0.29) is 6.10 Å². The van der Waals surface area contributed by atoms with Gasteiger partial charge in [0.25, 0.3) is 0 Å². The minimum absolute atomic E-state index is 0.149. The van der Waals surface area contributed by atoms with E-state index in [2.05, 4.69) is 69.3 Å². The average Bonchev–Trinajstić information content (AvgIpc) is 2.95. The summed E-state index contributed by atoms with van der Waals surface area (Å²) in [6.07, 6.45) is 24.4. The largest absolute Gasteiger partial charge is 0.494 e. The van der Waals surface area contributed by atoms with Crippen LogP contribution >= 0.6 is 0 Å². The van der Waals surface area contributed by atoms with Crippen LogP contribution in [0.2, 0.25) is 0 Å². The van der Waals surface area contributed by atoms with Crippen molar-refractivity contribution in [3.8, 4) is 16.9 Å². The summed E-state index contributed by atoms with van der Waals surface area (Å²) in [6, 6.07) is 17.4. The second kappa shape index (κ2) is 22.1. The quantitative estimate of drug-likeness (QED) is 0.128. The van der Waals surface area contributed by atoms with Crippen molar-refractivity contribution >= 4 is 0 Å². The molecule has 0 amide bonds. The molecule has 0 saturated heterocycles. The Morgan fingerprint density at radius 1 is 0.474 bits per heavy atom. The maximum atomic E-state index is 6.08. The maximum Gasteiger partial charge on any atom is 0.119 e. The standard InChI is InChI=1S/C36H58O2/c1-4-6-8-10-12-13-14-15-16-17-19-21-31-38-36-28-26-35(27-29-36)34-24-22-33(23-25-34)32(3)37-30-20-18-11-9-7-5-2/h22-29,32H,4-21,30-31H2,1-3H3. The van der Waals surface area contributed by atoms with Crippen LogP contribution in [0.15, 0.2) is 48.5 Å². The van der Waals surface area contributed by atoms with Crippen LogP contribution in [0.5, 0.6) is 5.75 Å². The average molecular weight is 523 g/mol. The molecule has 0 heterocycles. The Hall–Kier alpha value is -1.80. The monoisotopic (exact) mass is 522 g/mol. The molecule has 0 bridgehead atoms. The van der Waals surface area contributed by atoms with Gasteiger partial charge in [0, 0.05) is 6.61 Å². The number of ether oxygens (including phenoxy) is 2. The first-order chi connectivity index (χ1) is 18.7. The minimum atomic E-state index is 0.149. The molecule has 0 aromatic heterocycles. The molecule has 0 fully saturated rings. The van der Waals surface area contributed by atoms with E-state index >= 15 is 0 Å². The fourth-order valence-electron chi connectivity index (χ4n) is 5.06.